The summed E-state index contributed by atoms with van der Waals surface area (Å²) < 4.78 is 11.6. The van der Waals surface area contributed by atoms with Crippen LogP contribution in [0.25, 0.3) is 0 Å². The van der Waals surface area contributed by atoms with Crippen molar-refractivity contribution in [2.45, 2.75) is 38.4 Å². The quantitative estimate of drug-likeness (QED) is 0.883. The lowest BCUT2D eigenvalue weighted by atomic mass is 9.91. The van der Waals surface area contributed by atoms with Crippen molar-refractivity contribution in [3.63, 3.8) is 0 Å². The van der Waals surface area contributed by atoms with Crippen LogP contribution in [0, 0.1) is 0 Å². The van der Waals surface area contributed by atoms with Gasteiger partial charge in [-0.3, -0.25) is 9.59 Å². The summed E-state index contributed by atoms with van der Waals surface area (Å²) in [7, 11) is 0. The van der Waals surface area contributed by atoms with Crippen LogP contribution in [0.3, 0.4) is 0 Å². The third kappa shape index (κ3) is 3.70. The number of hydrogen-bond acceptors (Lipinski definition) is 6. The van der Waals surface area contributed by atoms with Crippen molar-refractivity contribution in [1.82, 2.24) is 9.88 Å². The third-order valence-electron chi connectivity index (χ3n) is 4.11. The van der Waals surface area contributed by atoms with Gasteiger partial charge in [-0.2, -0.15) is 0 Å². The maximum atomic E-state index is 12.7. The molecule has 1 spiro atoms. The fourth-order valence-electron chi connectivity index (χ4n) is 3.14. The average molecular weight is 339 g/mol. The van der Waals surface area contributed by atoms with Gasteiger partial charge in [0.25, 0.3) is 5.91 Å². The molecule has 3 rings (SSSR count). The molecule has 0 aliphatic carbocycles. The van der Waals surface area contributed by atoms with Crippen LogP contribution in [0.5, 0.6) is 0 Å². The van der Waals surface area contributed by atoms with E-state index in [-0.39, 0.29) is 23.5 Å². The van der Waals surface area contributed by atoms with Gasteiger partial charge in [0, 0.05) is 44.9 Å². The summed E-state index contributed by atoms with van der Waals surface area (Å²) in [5, 5.41) is 4.74. The zero-order chi connectivity index (χ0) is 16.4. The van der Waals surface area contributed by atoms with Gasteiger partial charge in [0.1, 0.15) is 5.69 Å². The van der Waals surface area contributed by atoms with Crippen molar-refractivity contribution in [2.75, 3.05) is 31.6 Å². The maximum Gasteiger partial charge on any atom is 0.273 e. The first kappa shape index (κ1) is 16.4. The fraction of sp³-hybridized carbons (Fsp3) is 0.667. The van der Waals surface area contributed by atoms with E-state index in [1.807, 2.05) is 11.8 Å². The number of anilines is 1. The number of amides is 2. The topological polar surface area (TPSA) is 80.8 Å². The Kier molecular flexibility index (Phi) is 4.65. The lowest BCUT2D eigenvalue weighted by molar-refractivity contribution is -0.176. The number of thiazole rings is 1. The van der Waals surface area contributed by atoms with Crippen molar-refractivity contribution in [3.8, 4) is 0 Å². The van der Waals surface area contributed by atoms with Crippen LogP contribution in [-0.2, 0) is 14.3 Å². The monoisotopic (exact) mass is 339 g/mol. The summed E-state index contributed by atoms with van der Waals surface area (Å²) >= 11 is 1.26. The number of nitrogens with one attached hydrogen (secondary N) is 1. The van der Waals surface area contributed by atoms with Crippen molar-refractivity contribution in [1.29, 1.82) is 0 Å². The first-order valence-electron chi connectivity index (χ1n) is 7.75. The summed E-state index contributed by atoms with van der Waals surface area (Å²) in [6.07, 6.45) is 1.59. The van der Waals surface area contributed by atoms with E-state index in [1.165, 1.54) is 18.3 Å². The summed E-state index contributed by atoms with van der Waals surface area (Å²) in [5.41, 5.74) is 0.0669. The highest BCUT2D eigenvalue weighted by Crippen LogP contribution is 2.32. The van der Waals surface area contributed by atoms with Crippen LogP contribution < -0.4 is 5.32 Å². The molecule has 7 nitrogen and oxygen atoms in total. The summed E-state index contributed by atoms with van der Waals surface area (Å²) in [5.74, 6) is -0.307. The van der Waals surface area contributed by atoms with Gasteiger partial charge in [0.15, 0.2) is 5.13 Å². The van der Waals surface area contributed by atoms with Crippen molar-refractivity contribution in [2.24, 2.45) is 0 Å². The first-order chi connectivity index (χ1) is 11.0. The maximum absolute atomic E-state index is 12.7. The molecule has 1 N–H and O–H groups in total. The predicted molar refractivity (Wildman–Crippen MR) is 85.7 cm³/mol. The molecule has 3 heterocycles. The molecule has 23 heavy (non-hydrogen) atoms. The van der Waals surface area contributed by atoms with E-state index in [0.717, 1.165) is 12.8 Å². The van der Waals surface area contributed by atoms with Gasteiger partial charge in [0.05, 0.1) is 18.2 Å². The molecule has 2 aliphatic rings. The van der Waals surface area contributed by atoms with Crippen LogP contribution in [-0.4, -0.2) is 59.7 Å². The minimum Gasteiger partial charge on any atom is -0.381 e. The Balaban J connectivity index is 1.73. The Morgan fingerprint density at radius 2 is 2.17 bits per heavy atom. The lowest BCUT2D eigenvalue weighted by Gasteiger charge is -2.47. The van der Waals surface area contributed by atoms with E-state index in [1.54, 1.807) is 5.38 Å². The van der Waals surface area contributed by atoms with Crippen molar-refractivity contribution >= 4 is 28.3 Å². The molecule has 0 radical (unpaired) electrons. The number of morpholine rings is 1. The van der Waals surface area contributed by atoms with Gasteiger partial charge < -0.3 is 19.7 Å². The van der Waals surface area contributed by atoms with E-state index in [4.69, 9.17) is 9.47 Å². The second kappa shape index (κ2) is 6.54. The highest BCUT2D eigenvalue weighted by molar-refractivity contribution is 7.14. The van der Waals surface area contributed by atoms with Crippen LogP contribution in [0.15, 0.2) is 5.38 Å². The van der Waals surface area contributed by atoms with Crippen LogP contribution >= 0.6 is 11.3 Å². The summed E-state index contributed by atoms with van der Waals surface area (Å²) in [6, 6.07) is 0. The lowest BCUT2D eigenvalue weighted by Crippen LogP contribution is -2.58. The van der Waals surface area contributed by atoms with Crippen molar-refractivity contribution < 1.29 is 19.1 Å². The van der Waals surface area contributed by atoms with Gasteiger partial charge >= 0.3 is 0 Å². The Bertz CT molecular complexity index is 597. The van der Waals surface area contributed by atoms with E-state index < -0.39 is 0 Å². The highest BCUT2D eigenvalue weighted by Gasteiger charge is 2.42. The van der Waals surface area contributed by atoms with Gasteiger partial charge in [-0.05, 0) is 6.92 Å². The van der Waals surface area contributed by atoms with E-state index in [0.29, 0.717) is 37.1 Å². The standard InChI is InChI=1S/C15H21N3O4S/c1-10-7-18(9-15(22-10)3-5-21-6-4-15)13(20)12-8-23-14(17-12)16-11(2)19/h8,10H,3-7,9H2,1-2H3,(H,16,17,19). The zero-order valence-electron chi connectivity index (χ0n) is 13.3. The first-order valence-corrected chi connectivity index (χ1v) is 8.63. The molecule has 0 aromatic carbocycles. The van der Waals surface area contributed by atoms with Crippen molar-refractivity contribution in [3.05, 3.63) is 11.1 Å². The number of carbonyl (C=O) groups excluding carboxylic acids is 2. The summed E-state index contributed by atoms with van der Waals surface area (Å²) in [4.78, 5) is 29.8. The van der Waals surface area contributed by atoms with Gasteiger partial charge in [-0.25, -0.2) is 4.98 Å². The van der Waals surface area contributed by atoms with Crippen LogP contribution in [0.2, 0.25) is 0 Å². The molecule has 1 unspecified atom stereocenters. The second-order valence-corrected chi connectivity index (χ2v) is 6.99. The molecule has 126 valence electrons. The van der Waals surface area contributed by atoms with Gasteiger partial charge in [0.2, 0.25) is 5.91 Å². The minimum atomic E-state index is -0.304. The van der Waals surface area contributed by atoms with Crippen LogP contribution in [0.1, 0.15) is 37.2 Å². The Morgan fingerprint density at radius 3 is 2.87 bits per heavy atom. The van der Waals surface area contributed by atoms with Gasteiger partial charge in [-0.1, -0.05) is 0 Å². The number of aromatic nitrogens is 1. The molecule has 1 aromatic rings. The molecule has 0 saturated carbocycles. The molecule has 0 bridgehead atoms. The molecule has 2 fully saturated rings. The normalized spacial score (nSPS) is 23.7. The molecule has 2 saturated heterocycles. The highest BCUT2D eigenvalue weighted by atomic mass is 32.1. The zero-order valence-corrected chi connectivity index (χ0v) is 14.1. The van der Waals surface area contributed by atoms with E-state index in [9.17, 15) is 9.59 Å². The largest absolute Gasteiger partial charge is 0.381 e. The number of hydrogen-bond donors (Lipinski definition) is 1. The number of ether oxygens (including phenoxy) is 2. The molecule has 2 amide bonds. The Hall–Kier alpha value is -1.51. The third-order valence-corrected chi connectivity index (χ3v) is 4.86. The molecular weight excluding hydrogens is 318 g/mol. The number of carbonyl (C=O) groups is 2. The molecule has 2 aliphatic heterocycles. The second-order valence-electron chi connectivity index (χ2n) is 6.13. The molecular formula is C15H21N3O4S. The SMILES string of the molecule is CC(=O)Nc1nc(C(=O)N2CC(C)OC3(CCOCC3)C2)cs1. The number of nitrogens with zero attached hydrogens (tertiary/aromatic N) is 2. The molecule has 8 heteroatoms. The average Bonchev–Trinajstić information content (AvgIpc) is 2.94. The van der Waals surface area contributed by atoms with Gasteiger partial charge in [-0.15, -0.1) is 11.3 Å². The molecule has 1 aromatic heterocycles. The summed E-state index contributed by atoms with van der Waals surface area (Å²) in [6.45, 7) is 5.85. The van der Waals surface area contributed by atoms with E-state index >= 15 is 0 Å². The predicted octanol–water partition coefficient (Wildman–Crippen LogP) is 1.51. The number of rotatable bonds is 2. The van der Waals surface area contributed by atoms with Crippen LogP contribution in [0.4, 0.5) is 5.13 Å². The molecule has 1 atom stereocenters. The fourth-order valence-corrected chi connectivity index (χ4v) is 3.87. The van der Waals surface area contributed by atoms with E-state index in [2.05, 4.69) is 10.3 Å². The minimum absolute atomic E-state index is 0.0146. The Morgan fingerprint density at radius 1 is 1.43 bits per heavy atom. The smallest absolute Gasteiger partial charge is 0.273 e. The Labute approximate surface area is 139 Å².